The molecule has 0 fully saturated rings. The van der Waals surface area contributed by atoms with Crippen LogP contribution in [0.3, 0.4) is 0 Å². The van der Waals surface area contributed by atoms with Crippen LogP contribution in [0.15, 0.2) is 22.7 Å². The Balaban J connectivity index is 3.00. The number of hydrogen-bond acceptors (Lipinski definition) is 2. The van der Waals surface area contributed by atoms with Gasteiger partial charge in [0, 0.05) is 12.7 Å². The number of ether oxygens (including phenoxy) is 2. The SMILES string of the molecule is COCc1cccc(Br)c1OC. The van der Waals surface area contributed by atoms with Gasteiger partial charge in [-0.25, -0.2) is 0 Å². The molecular weight excluding hydrogens is 220 g/mol. The van der Waals surface area contributed by atoms with E-state index in [0.29, 0.717) is 6.61 Å². The molecule has 1 aromatic rings. The maximum absolute atomic E-state index is 5.20. The lowest BCUT2D eigenvalue weighted by Gasteiger charge is -2.08. The molecule has 1 rings (SSSR count). The molecule has 2 nitrogen and oxygen atoms in total. The van der Waals surface area contributed by atoms with Crippen molar-refractivity contribution >= 4 is 15.9 Å². The van der Waals surface area contributed by atoms with E-state index in [1.807, 2.05) is 18.2 Å². The molecule has 0 aliphatic heterocycles. The molecule has 0 heterocycles. The van der Waals surface area contributed by atoms with Gasteiger partial charge in [-0.2, -0.15) is 0 Å². The molecule has 0 unspecified atom stereocenters. The Morgan fingerprint density at radius 2 is 2.08 bits per heavy atom. The summed E-state index contributed by atoms with van der Waals surface area (Å²) in [6, 6.07) is 5.88. The van der Waals surface area contributed by atoms with Crippen LogP contribution in [0.5, 0.6) is 5.75 Å². The number of para-hydroxylation sites is 1. The van der Waals surface area contributed by atoms with Gasteiger partial charge in [0.1, 0.15) is 5.75 Å². The molecule has 0 atom stereocenters. The minimum atomic E-state index is 0.572. The number of methoxy groups -OCH3 is 2. The Bertz CT molecular complexity index is 261. The molecule has 0 aliphatic rings. The highest BCUT2D eigenvalue weighted by atomic mass is 79.9. The average molecular weight is 231 g/mol. The molecule has 0 saturated heterocycles. The Morgan fingerprint density at radius 3 is 2.67 bits per heavy atom. The number of benzene rings is 1. The molecule has 0 spiro atoms. The van der Waals surface area contributed by atoms with Gasteiger partial charge in [0.2, 0.25) is 0 Å². The highest BCUT2D eigenvalue weighted by molar-refractivity contribution is 9.10. The second kappa shape index (κ2) is 4.48. The molecule has 0 N–H and O–H groups in total. The monoisotopic (exact) mass is 230 g/mol. The Hall–Kier alpha value is -0.540. The first kappa shape index (κ1) is 9.55. The van der Waals surface area contributed by atoms with Crippen molar-refractivity contribution in [3.8, 4) is 5.75 Å². The van der Waals surface area contributed by atoms with Gasteiger partial charge in [0.25, 0.3) is 0 Å². The molecule has 0 amide bonds. The van der Waals surface area contributed by atoms with Crippen LogP contribution < -0.4 is 4.74 Å². The second-order valence-electron chi connectivity index (χ2n) is 2.37. The summed E-state index contributed by atoms with van der Waals surface area (Å²) >= 11 is 3.40. The van der Waals surface area contributed by atoms with Crippen molar-refractivity contribution in [3.05, 3.63) is 28.2 Å². The van der Waals surface area contributed by atoms with E-state index in [9.17, 15) is 0 Å². The Labute approximate surface area is 80.6 Å². The quantitative estimate of drug-likeness (QED) is 0.795. The van der Waals surface area contributed by atoms with E-state index >= 15 is 0 Å². The van der Waals surface area contributed by atoms with Crippen LogP contribution in [0.1, 0.15) is 5.56 Å². The van der Waals surface area contributed by atoms with E-state index in [2.05, 4.69) is 15.9 Å². The maximum atomic E-state index is 5.20. The fraction of sp³-hybridized carbons (Fsp3) is 0.333. The number of halogens is 1. The summed E-state index contributed by atoms with van der Waals surface area (Å²) in [5.74, 6) is 0.847. The van der Waals surface area contributed by atoms with Gasteiger partial charge in [0.15, 0.2) is 0 Å². The van der Waals surface area contributed by atoms with Gasteiger partial charge in [-0.1, -0.05) is 12.1 Å². The lowest BCUT2D eigenvalue weighted by molar-refractivity contribution is 0.181. The molecule has 66 valence electrons. The molecule has 0 aliphatic carbocycles. The molecule has 0 radical (unpaired) electrons. The van der Waals surface area contributed by atoms with E-state index in [0.717, 1.165) is 15.8 Å². The predicted octanol–water partition coefficient (Wildman–Crippen LogP) is 2.60. The summed E-state index contributed by atoms with van der Waals surface area (Å²) in [5, 5.41) is 0. The fourth-order valence-corrected chi connectivity index (χ4v) is 1.62. The van der Waals surface area contributed by atoms with Crippen LogP contribution in [-0.2, 0) is 11.3 Å². The zero-order chi connectivity index (χ0) is 8.97. The minimum Gasteiger partial charge on any atom is -0.495 e. The molecule has 0 bridgehead atoms. The zero-order valence-corrected chi connectivity index (χ0v) is 8.72. The molecule has 1 aromatic carbocycles. The highest BCUT2D eigenvalue weighted by Crippen LogP contribution is 2.28. The standard InChI is InChI=1S/C9H11BrO2/c1-11-6-7-4-3-5-8(10)9(7)12-2/h3-5H,6H2,1-2H3. The molecule has 0 aromatic heterocycles. The van der Waals surface area contributed by atoms with Crippen LogP contribution in [0.2, 0.25) is 0 Å². The van der Waals surface area contributed by atoms with Gasteiger partial charge in [0.05, 0.1) is 18.2 Å². The van der Waals surface area contributed by atoms with Gasteiger partial charge < -0.3 is 9.47 Å². The van der Waals surface area contributed by atoms with Crippen molar-refractivity contribution < 1.29 is 9.47 Å². The van der Waals surface area contributed by atoms with Crippen molar-refractivity contribution in [2.45, 2.75) is 6.61 Å². The van der Waals surface area contributed by atoms with Crippen molar-refractivity contribution in [2.75, 3.05) is 14.2 Å². The molecule has 12 heavy (non-hydrogen) atoms. The third-order valence-electron chi connectivity index (χ3n) is 1.55. The third kappa shape index (κ3) is 1.99. The molecule has 3 heteroatoms. The normalized spacial score (nSPS) is 9.92. The van der Waals surface area contributed by atoms with Crippen LogP contribution >= 0.6 is 15.9 Å². The topological polar surface area (TPSA) is 18.5 Å². The van der Waals surface area contributed by atoms with Crippen molar-refractivity contribution in [1.29, 1.82) is 0 Å². The smallest absolute Gasteiger partial charge is 0.138 e. The lowest BCUT2D eigenvalue weighted by atomic mass is 10.2. The third-order valence-corrected chi connectivity index (χ3v) is 2.18. The fourth-order valence-electron chi connectivity index (χ4n) is 1.05. The Morgan fingerprint density at radius 1 is 1.33 bits per heavy atom. The summed E-state index contributed by atoms with van der Waals surface area (Å²) in [6.07, 6.45) is 0. The number of hydrogen-bond donors (Lipinski definition) is 0. The summed E-state index contributed by atoms with van der Waals surface area (Å²) in [5.41, 5.74) is 1.05. The van der Waals surface area contributed by atoms with Gasteiger partial charge in [-0.3, -0.25) is 0 Å². The maximum Gasteiger partial charge on any atom is 0.138 e. The first-order chi connectivity index (χ1) is 5.79. The van der Waals surface area contributed by atoms with Crippen LogP contribution in [0.4, 0.5) is 0 Å². The summed E-state index contributed by atoms with van der Waals surface area (Å²) in [6.45, 7) is 0.572. The van der Waals surface area contributed by atoms with Gasteiger partial charge in [-0.15, -0.1) is 0 Å². The summed E-state index contributed by atoms with van der Waals surface area (Å²) in [7, 11) is 3.32. The molecule has 0 saturated carbocycles. The van der Waals surface area contributed by atoms with E-state index in [1.165, 1.54) is 0 Å². The largest absolute Gasteiger partial charge is 0.495 e. The summed E-state index contributed by atoms with van der Waals surface area (Å²) < 4.78 is 11.2. The van der Waals surface area contributed by atoms with Crippen molar-refractivity contribution in [3.63, 3.8) is 0 Å². The van der Waals surface area contributed by atoms with Crippen LogP contribution in [0.25, 0.3) is 0 Å². The first-order valence-corrected chi connectivity index (χ1v) is 4.39. The van der Waals surface area contributed by atoms with E-state index in [1.54, 1.807) is 14.2 Å². The Kier molecular flexibility index (Phi) is 3.56. The minimum absolute atomic E-state index is 0.572. The van der Waals surface area contributed by atoms with Crippen LogP contribution in [-0.4, -0.2) is 14.2 Å². The average Bonchev–Trinajstić information content (AvgIpc) is 2.05. The molecular formula is C9H11BrO2. The van der Waals surface area contributed by atoms with Crippen LogP contribution in [0, 0.1) is 0 Å². The number of rotatable bonds is 3. The zero-order valence-electron chi connectivity index (χ0n) is 7.13. The lowest BCUT2D eigenvalue weighted by Crippen LogP contribution is -1.94. The predicted molar refractivity (Wildman–Crippen MR) is 51.4 cm³/mol. The van der Waals surface area contributed by atoms with Crippen molar-refractivity contribution in [1.82, 2.24) is 0 Å². The first-order valence-electron chi connectivity index (χ1n) is 3.60. The summed E-state index contributed by atoms with van der Waals surface area (Å²) in [4.78, 5) is 0. The van der Waals surface area contributed by atoms with Gasteiger partial charge >= 0.3 is 0 Å². The van der Waals surface area contributed by atoms with E-state index < -0.39 is 0 Å². The van der Waals surface area contributed by atoms with Gasteiger partial charge in [-0.05, 0) is 22.0 Å². The van der Waals surface area contributed by atoms with Crippen molar-refractivity contribution in [2.24, 2.45) is 0 Å². The highest BCUT2D eigenvalue weighted by Gasteiger charge is 2.05. The van der Waals surface area contributed by atoms with E-state index in [-0.39, 0.29) is 0 Å². The van der Waals surface area contributed by atoms with E-state index in [4.69, 9.17) is 9.47 Å². The second-order valence-corrected chi connectivity index (χ2v) is 3.22.